The third kappa shape index (κ3) is 37.3. The smallest absolute Gasteiger partial charge is 0.480 e. The fourth-order valence-corrected chi connectivity index (χ4v) is 18.3. The monoisotopic (exact) mass is 1920 g/mol. The summed E-state index contributed by atoms with van der Waals surface area (Å²) in [6.45, 7) is 39.6. The average molecular weight is 1920 g/mol. The van der Waals surface area contributed by atoms with Crippen LogP contribution in [0.3, 0.4) is 0 Å². The number of methoxy groups -OCH3 is 6. The molecule has 137 heavy (non-hydrogen) atoms. The first-order valence-electron chi connectivity index (χ1n) is 48.3. The third-order valence-electron chi connectivity index (χ3n) is 25.9. The van der Waals surface area contributed by atoms with E-state index in [0.29, 0.717) is 63.4 Å². The Balaban J connectivity index is 0.000000484. The first-order chi connectivity index (χ1) is 64.3. The van der Waals surface area contributed by atoms with Gasteiger partial charge in [0, 0.05) is 93.9 Å². The lowest BCUT2D eigenvalue weighted by Gasteiger charge is -2.41. The number of likely N-dealkylation sites (N-methyl/N-ethyl adjacent to an activating group) is 4. The number of Topliss-reactive ketones (excluding diaryl/α,β-unsaturated/α-hetero) is 1. The number of esters is 2. The van der Waals surface area contributed by atoms with Crippen LogP contribution in [0.15, 0.2) is 109 Å². The highest BCUT2D eigenvalue weighted by Gasteiger charge is 2.47. The molecule has 4 aromatic carbocycles. The van der Waals surface area contributed by atoms with Gasteiger partial charge in [-0.3, -0.25) is 48.2 Å². The van der Waals surface area contributed by atoms with Crippen molar-refractivity contribution in [3.8, 4) is 11.5 Å². The van der Waals surface area contributed by atoms with Gasteiger partial charge in [-0.05, 0) is 163 Å². The molecule has 0 aromatic heterocycles. The molecule has 18 atom stereocenters. The first kappa shape index (κ1) is 119. The topological polar surface area (TPSA) is 387 Å². The van der Waals surface area contributed by atoms with E-state index in [2.05, 4.69) is 10.6 Å². The zero-order valence-electron chi connectivity index (χ0n) is 87.4. The molecule has 6 rings (SSSR count). The van der Waals surface area contributed by atoms with Gasteiger partial charge in [-0.2, -0.15) is 0 Å². The van der Waals surface area contributed by atoms with E-state index in [9.17, 15) is 62.6 Å². The maximum absolute atomic E-state index is 14.7. The third-order valence-corrected chi connectivity index (χ3v) is 25.9. The zero-order valence-corrected chi connectivity index (χ0v) is 87.4. The number of ether oxygens (including phenoxy) is 10. The van der Waals surface area contributed by atoms with Gasteiger partial charge < -0.3 is 88.4 Å². The Hall–Kier alpha value is -9.96. The number of ketones is 1. The number of aliphatic carboxylic acids is 1. The summed E-state index contributed by atoms with van der Waals surface area (Å²) in [7, 11) is 15.9. The van der Waals surface area contributed by atoms with Gasteiger partial charge in [0.2, 0.25) is 35.4 Å². The quantitative estimate of drug-likeness (QED) is 0.0181. The summed E-state index contributed by atoms with van der Waals surface area (Å²) in [5, 5.41) is 15.0. The Morgan fingerprint density at radius 1 is 0.453 bits per heavy atom. The number of nitrogens with one attached hydrogen (secondary N) is 2. The van der Waals surface area contributed by atoms with E-state index in [1.807, 2.05) is 168 Å². The fraction of sp³-hybridized carbons (Fsp3) is 0.657. The number of carbonyl (C=O) groups is 12. The zero-order chi connectivity index (χ0) is 103. The molecule has 0 aliphatic carbocycles. The van der Waals surface area contributed by atoms with Gasteiger partial charge in [-0.1, -0.05) is 195 Å². The van der Waals surface area contributed by atoms with Crippen LogP contribution in [0.4, 0.5) is 9.59 Å². The number of amides is 6. The van der Waals surface area contributed by atoms with Crippen molar-refractivity contribution in [1.82, 2.24) is 40.0 Å². The SMILES string of the molecule is CC(C)[C@@H](C(=O)O)N(C)Cc1ccc(OC(=O)OC(C)(C)C)cc1.CC[C@H](C)[C@@H]([C@@H](CC(=O)N1CCC[C@H]1[C@H](OC)[C@@H](C)C(=O)N[C@@H](Cc1ccccc1)C(=O)OC)OC)N(C)C(=O)[C@@H](CC(=O)[C@H](C(C)C)N(C)Cc1ccc(OC(=O)OC(C)(C)C)cc1)C(C)C.CC[C@H](C)[C@@H]([C@@H](CC(=O)N1CCC[C@H]1[C@H](OC)[C@@H](C)C(=O)N[C@@H](Cc1ccccc1)C(=O)OC)OC)N(C)C(=O)[C@@H](N)C(C)C. The van der Waals surface area contributed by atoms with Crippen LogP contribution in [0.25, 0.3) is 0 Å². The van der Waals surface area contributed by atoms with Crippen LogP contribution in [-0.4, -0.2) is 280 Å². The van der Waals surface area contributed by atoms with Gasteiger partial charge in [-0.25, -0.2) is 19.2 Å². The lowest BCUT2D eigenvalue weighted by molar-refractivity contribution is -0.150. The lowest BCUT2D eigenvalue weighted by atomic mass is 9.83. The second-order valence-corrected chi connectivity index (χ2v) is 40.0. The predicted octanol–water partition coefficient (Wildman–Crippen LogP) is 13.8. The largest absolute Gasteiger partial charge is 0.514 e. The molecule has 2 heterocycles. The number of hydrogen-bond acceptors (Lipinski definition) is 25. The van der Waals surface area contributed by atoms with Gasteiger partial charge in [0.15, 0.2) is 5.78 Å². The maximum Gasteiger partial charge on any atom is 0.514 e. The molecular formula is C105H165N9O23. The summed E-state index contributed by atoms with van der Waals surface area (Å²) >= 11 is 0. The second-order valence-electron chi connectivity index (χ2n) is 40.0. The number of carboxylic acid groups (broad SMARTS) is 1. The Labute approximate surface area is 815 Å². The summed E-state index contributed by atoms with van der Waals surface area (Å²) in [5.41, 5.74) is 8.52. The first-order valence-corrected chi connectivity index (χ1v) is 48.3. The van der Waals surface area contributed by atoms with Crippen LogP contribution in [-0.2, 0) is 112 Å². The normalized spacial score (nSPS) is 17.5. The summed E-state index contributed by atoms with van der Waals surface area (Å²) < 4.78 is 54.6. The number of likely N-dealkylation sites (tertiary alicyclic amines) is 2. The molecule has 2 fully saturated rings. The number of hydrogen-bond donors (Lipinski definition) is 4. The van der Waals surface area contributed by atoms with Crippen LogP contribution >= 0.6 is 0 Å². The average Bonchev–Trinajstić information content (AvgIpc) is 1.69. The second kappa shape index (κ2) is 57.6. The standard InChI is InChI=1S/C53H82N4O11.C34H56N4O7.C18H27NO5/c1-16-35(6)47(44(64-13)31-45(59)57-28-20-23-42(57)48(65-14)36(7)49(60)54-41(51(62)66-15)29-37-21-18-17-19-22-37)56(12)50(61)40(33(2)3)30-43(58)46(34(4)5)55(11)32-38-24-26-39(27-25-38)67-52(63)68-53(8,9)10;1-10-22(4)30(37(6)33(41)29(35)21(2)3)27(43-7)20-28(39)38-18-14-17-26(38)31(44-8)23(5)32(40)36-25(34(42)45-9)19-24-15-12-11-13-16-24;1-12(2)15(16(20)21)19(6)11-13-7-9-14(10-8-13)23-17(22)24-18(3,4)5/h17-19,21-22,24-27,33-36,40-42,44,46-48H,16,20,23,28-32H2,1-15H3,(H,54,60);11-13,15-16,21-23,25-27,29-31H,10,14,17-20,35H2,1-9H3,(H,36,40);7-10,12,15H,11H2,1-6H3,(H,20,21)/t35-,36+,40-,41-,42-,44+,46-,47-,48+;22-,23+,25-,26-,27+,29-,30-,31+;15-/m000/s1. The number of nitrogens with two attached hydrogens (primary N) is 1. The van der Waals surface area contributed by atoms with Crippen molar-refractivity contribution >= 4 is 71.4 Å². The van der Waals surface area contributed by atoms with Crippen molar-refractivity contribution < 1.29 is 110 Å². The highest BCUT2D eigenvalue weighted by atomic mass is 16.7. The van der Waals surface area contributed by atoms with E-state index in [0.717, 1.165) is 35.1 Å². The molecule has 2 saturated heterocycles. The van der Waals surface area contributed by atoms with Crippen molar-refractivity contribution in [2.24, 2.45) is 59.0 Å². The van der Waals surface area contributed by atoms with E-state index in [-0.39, 0.29) is 115 Å². The molecule has 768 valence electrons. The van der Waals surface area contributed by atoms with Crippen molar-refractivity contribution in [2.45, 2.75) is 312 Å². The molecular weight excluding hydrogens is 1760 g/mol. The molecule has 32 heteroatoms. The minimum absolute atomic E-state index is 0.00211. The van der Waals surface area contributed by atoms with Crippen LogP contribution in [0.1, 0.15) is 219 Å². The minimum atomic E-state index is -0.909. The van der Waals surface area contributed by atoms with Gasteiger partial charge in [-0.15, -0.1) is 0 Å². The van der Waals surface area contributed by atoms with Gasteiger partial charge >= 0.3 is 30.2 Å². The van der Waals surface area contributed by atoms with Crippen molar-refractivity contribution in [3.63, 3.8) is 0 Å². The highest BCUT2D eigenvalue weighted by Crippen LogP contribution is 2.35. The number of carbonyl (C=O) groups excluding carboxylic acids is 11. The molecule has 6 amide bonds. The van der Waals surface area contributed by atoms with Crippen molar-refractivity contribution in [2.75, 3.05) is 83.9 Å². The Morgan fingerprint density at radius 2 is 0.803 bits per heavy atom. The van der Waals surface area contributed by atoms with E-state index >= 15 is 0 Å². The maximum atomic E-state index is 14.7. The van der Waals surface area contributed by atoms with Crippen molar-refractivity contribution in [3.05, 3.63) is 131 Å². The predicted molar refractivity (Wildman–Crippen MR) is 526 cm³/mol. The van der Waals surface area contributed by atoms with Gasteiger partial charge in [0.05, 0.1) is 99.6 Å². The van der Waals surface area contributed by atoms with Crippen LogP contribution in [0, 0.1) is 53.3 Å². The molecule has 32 nitrogen and oxygen atoms in total. The molecule has 0 spiro atoms. The number of rotatable bonds is 48. The molecule has 0 unspecified atom stereocenters. The summed E-state index contributed by atoms with van der Waals surface area (Å²) in [6.07, 6.45) is 0.824. The van der Waals surface area contributed by atoms with E-state index in [1.165, 1.54) is 28.4 Å². The summed E-state index contributed by atoms with van der Waals surface area (Å²) in [4.78, 5) is 169. The van der Waals surface area contributed by atoms with Gasteiger partial charge in [0.25, 0.3) is 0 Å². The summed E-state index contributed by atoms with van der Waals surface area (Å²) in [6, 6.07) is 27.7. The molecule has 0 saturated carbocycles. The number of benzene rings is 4. The van der Waals surface area contributed by atoms with E-state index < -0.39 is 132 Å². The molecule has 0 radical (unpaired) electrons. The number of carboxylic acids is 1. The van der Waals surface area contributed by atoms with Crippen LogP contribution in [0.5, 0.6) is 11.5 Å². The fourth-order valence-electron chi connectivity index (χ4n) is 18.3. The van der Waals surface area contributed by atoms with Crippen molar-refractivity contribution in [1.29, 1.82) is 0 Å². The molecule has 4 aromatic rings. The van der Waals surface area contributed by atoms with Crippen LogP contribution in [0.2, 0.25) is 0 Å². The minimum Gasteiger partial charge on any atom is -0.480 e. The molecule has 2 aliphatic heterocycles. The Kier molecular flexibility index (Phi) is 50.1. The van der Waals surface area contributed by atoms with E-state index in [1.54, 1.807) is 152 Å². The summed E-state index contributed by atoms with van der Waals surface area (Å²) in [5.74, 6) is -4.94. The van der Waals surface area contributed by atoms with Gasteiger partial charge in [0.1, 0.15) is 40.8 Å². The Morgan fingerprint density at radius 3 is 1.10 bits per heavy atom. The molecule has 2 aliphatic rings. The van der Waals surface area contributed by atoms with E-state index in [4.69, 9.17) is 53.1 Å². The van der Waals surface area contributed by atoms with Crippen LogP contribution < -0.4 is 25.8 Å². The number of nitrogens with zero attached hydrogens (tertiary/aromatic N) is 6. The molecule has 5 N–H and O–H groups in total. The highest BCUT2D eigenvalue weighted by molar-refractivity contribution is 5.91. The Bertz CT molecular complexity index is 4410. The lowest BCUT2D eigenvalue weighted by Crippen LogP contribution is -2.56. The molecule has 0 bridgehead atoms.